The molecule has 0 atom stereocenters. The molecule has 3 heteroatoms. The normalized spacial score (nSPS) is 11.1. The summed E-state index contributed by atoms with van der Waals surface area (Å²) >= 11 is 0. The number of hydrogen-bond acceptors (Lipinski definition) is 2. The molecule has 0 saturated heterocycles. The lowest BCUT2D eigenvalue weighted by Crippen LogP contribution is -2.09. The monoisotopic (exact) mass is 817 g/mol. The fraction of sp³-hybridized carbons (Fsp3) is 0. The molecule has 11 rings (SSSR count). The molecule has 1 aromatic heterocycles. The molecule has 64 heavy (non-hydrogen) atoms. The van der Waals surface area contributed by atoms with Crippen LogP contribution in [0.5, 0.6) is 0 Å². The van der Waals surface area contributed by atoms with Crippen molar-refractivity contribution in [1.82, 2.24) is 9.55 Å². The van der Waals surface area contributed by atoms with Gasteiger partial charge in [0.15, 0.2) is 0 Å². The highest BCUT2D eigenvalue weighted by atomic mass is 15.1. The molecule has 0 bridgehead atoms. The van der Waals surface area contributed by atoms with E-state index in [0.29, 0.717) is 0 Å². The Hall–Kier alpha value is -8.53. The van der Waals surface area contributed by atoms with Crippen LogP contribution in [0.3, 0.4) is 0 Å². The first-order chi connectivity index (χ1) is 31.7. The van der Waals surface area contributed by atoms with Crippen LogP contribution in [0, 0.1) is 0 Å². The smallest absolute Gasteiger partial charge is 0.145 e. The first kappa shape index (κ1) is 38.4. The van der Waals surface area contributed by atoms with Crippen molar-refractivity contribution in [2.45, 2.75) is 0 Å². The molecule has 3 nitrogen and oxygen atoms in total. The number of aromatic nitrogens is 2. The van der Waals surface area contributed by atoms with Gasteiger partial charge in [0, 0.05) is 28.3 Å². The van der Waals surface area contributed by atoms with Gasteiger partial charge in [-0.25, -0.2) is 4.98 Å². The van der Waals surface area contributed by atoms with E-state index in [1.807, 2.05) is 6.07 Å². The maximum absolute atomic E-state index is 5.22. The maximum atomic E-state index is 5.22. The van der Waals surface area contributed by atoms with Crippen LogP contribution in [-0.4, -0.2) is 9.55 Å². The molecule has 0 N–H and O–H groups in total. The van der Waals surface area contributed by atoms with Gasteiger partial charge < -0.3 is 4.90 Å². The van der Waals surface area contributed by atoms with E-state index in [2.05, 4.69) is 264 Å². The third kappa shape index (κ3) is 7.68. The number of fused-ring (bicyclic) bond motifs is 1. The van der Waals surface area contributed by atoms with Gasteiger partial charge in [0.1, 0.15) is 5.82 Å². The summed E-state index contributed by atoms with van der Waals surface area (Å²) in [5.74, 6) is 0.929. The molecule has 10 aromatic carbocycles. The minimum Gasteiger partial charge on any atom is -0.311 e. The number of imidazole rings is 1. The van der Waals surface area contributed by atoms with Gasteiger partial charge >= 0.3 is 0 Å². The van der Waals surface area contributed by atoms with Crippen molar-refractivity contribution in [3.05, 3.63) is 261 Å². The average Bonchev–Trinajstić information content (AvgIpc) is 3.77. The van der Waals surface area contributed by atoms with Gasteiger partial charge in [-0.1, -0.05) is 188 Å². The number of hydrogen-bond donors (Lipinski definition) is 0. The fourth-order valence-corrected chi connectivity index (χ4v) is 8.75. The summed E-state index contributed by atoms with van der Waals surface area (Å²) in [7, 11) is 0. The molecule has 0 radical (unpaired) electrons. The first-order valence-corrected chi connectivity index (χ1v) is 21.8. The first-order valence-electron chi connectivity index (χ1n) is 21.8. The van der Waals surface area contributed by atoms with E-state index in [1.165, 1.54) is 33.4 Å². The highest BCUT2D eigenvalue weighted by molar-refractivity contribution is 5.89. The molecule has 11 aromatic rings. The van der Waals surface area contributed by atoms with Crippen LogP contribution < -0.4 is 4.90 Å². The van der Waals surface area contributed by atoms with E-state index in [-0.39, 0.29) is 0 Å². The van der Waals surface area contributed by atoms with Gasteiger partial charge in [0.2, 0.25) is 0 Å². The molecule has 0 amide bonds. The van der Waals surface area contributed by atoms with E-state index in [9.17, 15) is 0 Å². The lowest BCUT2D eigenvalue weighted by Gasteiger charge is -2.26. The molecule has 0 fully saturated rings. The highest BCUT2D eigenvalue weighted by Crippen LogP contribution is 2.39. The zero-order valence-corrected chi connectivity index (χ0v) is 35.2. The van der Waals surface area contributed by atoms with Gasteiger partial charge in [0.25, 0.3) is 0 Å². The summed E-state index contributed by atoms with van der Waals surface area (Å²) < 4.78 is 2.26. The third-order valence-electron chi connectivity index (χ3n) is 12.0. The van der Waals surface area contributed by atoms with Crippen molar-refractivity contribution in [3.63, 3.8) is 0 Å². The quantitative estimate of drug-likeness (QED) is 0.137. The van der Waals surface area contributed by atoms with Crippen LogP contribution in [0.25, 0.3) is 83.7 Å². The van der Waals surface area contributed by atoms with E-state index in [0.717, 1.165) is 67.4 Å². The highest BCUT2D eigenvalue weighted by Gasteiger charge is 2.17. The van der Waals surface area contributed by atoms with Gasteiger partial charge in [0.05, 0.1) is 11.0 Å². The van der Waals surface area contributed by atoms with Crippen LogP contribution in [0.15, 0.2) is 261 Å². The predicted molar refractivity (Wildman–Crippen MR) is 268 cm³/mol. The summed E-state index contributed by atoms with van der Waals surface area (Å²) in [5.41, 5.74) is 19.2. The van der Waals surface area contributed by atoms with Crippen LogP contribution in [0.2, 0.25) is 0 Å². The summed E-state index contributed by atoms with van der Waals surface area (Å²) in [6.07, 6.45) is 0. The van der Waals surface area contributed by atoms with Gasteiger partial charge in [-0.05, 0) is 128 Å². The predicted octanol–water partition coefficient (Wildman–Crippen LogP) is 16.5. The number of anilines is 3. The second-order valence-electron chi connectivity index (χ2n) is 16.0. The van der Waals surface area contributed by atoms with Gasteiger partial charge in [-0.3, -0.25) is 4.57 Å². The van der Waals surface area contributed by atoms with Crippen molar-refractivity contribution < 1.29 is 0 Å². The minimum atomic E-state index is 0.929. The maximum Gasteiger partial charge on any atom is 0.145 e. The number of para-hydroxylation sites is 1. The topological polar surface area (TPSA) is 21.1 Å². The number of rotatable bonds is 10. The van der Waals surface area contributed by atoms with E-state index in [4.69, 9.17) is 4.98 Å². The van der Waals surface area contributed by atoms with E-state index < -0.39 is 0 Å². The minimum absolute atomic E-state index is 0.929. The lowest BCUT2D eigenvalue weighted by atomic mass is 9.98. The Morgan fingerprint density at radius 1 is 0.266 bits per heavy atom. The Morgan fingerprint density at radius 2 is 0.594 bits per heavy atom. The van der Waals surface area contributed by atoms with Crippen LogP contribution in [0.1, 0.15) is 0 Å². The molecule has 1 heterocycles. The number of benzene rings is 10. The second-order valence-corrected chi connectivity index (χ2v) is 16.0. The summed E-state index contributed by atoms with van der Waals surface area (Å²) in [6, 6.07) is 93.0. The van der Waals surface area contributed by atoms with E-state index in [1.54, 1.807) is 0 Å². The molecular weight excluding hydrogens is 775 g/mol. The molecular formula is C61H43N3. The zero-order chi connectivity index (χ0) is 42.7. The lowest BCUT2D eigenvalue weighted by molar-refractivity contribution is 1.10. The Labute approximate surface area is 374 Å². The molecule has 302 valence electrons. The standard InChI is InChI=1S/C61H43N3/c1-5-15-44(16-6-1)46-27-34-56(35-28-46)63(57-36-29-47(30-37-57)51-22-13-21-50(41-51)45-17-7-2-8-18-45)58-38-31-48(32-39-58)52-23-14-24-53(42-52)54-33-40-60-59(43-54)62-61(49-19-9-3-10-20-49)64(60)55-25-11-4-12-26-55/h1-43H. The fourth-order valence-electron chi connectivity index (χ4n) is 8.75. The molecule has 0 spiro atoms. The van der Waals surface area contributed by atoms with Crippen LogP contribution in [-0.2, 0) is 0 Å². The second kappa shape index (κ2) is 17.1. The van der Waals surface area contributed by atoms with Crippen molar-refractivity contribution >= 4 is 28.1 Å². The molecule has 0 saturated carbocycles. The number of nitrogens with zero attached hydrogens (tertiary/aromatic N) is 3. The van der Waals surface area contributed by atoms with Crippen molar-refractivity contribution in [1.29, 1.82) is 0 Å². The molecule has 0 aliphatic carbocycles. The Bertz CT molecular complexity index is 3320. The average molecular weight is 818 g/mol. The van der Waals surface area contributed by atoms with Crippen molar-refractivity contribution in [2.24, 2.45) is 0 Å². The zero-order valence-electron chi connectivity index (χ0n) is 35.2. The van der Waals surface area contributed by atoms with Crippen LogP contribution in [0.4, 0.5) is 17.1 Å². The van der Waals surface area contributed by atoms with E-state index >= 15 is 0 Å². The largest absolute Gasteiger partial charge is 0.311 e. The van der Waals surface area contributed by atoms with Gasteiger partial charge in [-0.2, -0.15) is 0 Å². The Balaban J connectivity index is 0.919. The molecule has 0 aliphatic rings. The Morgan fingerprint density at radius 3 is 1.06 bits per heavy atom. The molecule has 0 aliphatic heterocycles. The van der Waals surface area contributed by atoms with Crippen molar-refractivity contribution in [2.75, 3.05) is 4.90 Å². The molecule has 0 unspecified atom stereocenters. The third-order valence-corrected chi connectivity index (χ3v) is 12.0. The Kier molecular flexibility index (Phi) is 10.3. The summed E-state index contributed by atoms with van der Waals surface area (Å²) in [6.45, 7) is 0. The van der Waals surface area contributed by atoms with Crippen molar-refractivity contribution in [3.8, 4) is 72.7 Å². The summed E-state index contributed by atoms with van der Waals surface area (Å²) in [5, 5.41) is 0. The van der Waals surface area contributed by atoms with Gasteiger partial charge in [-0.15, -0.1) is 0 Å². The van der Waals surface area contributed by atoms with Crippen LogP contribution >= 0.6 is 0 Å². The summed E-state index contributed by atoms with van der Waals surface area (Å²) in [4.78, 5) is 7.56. The SMILES string of the molecule is c1ccc(-c2ccc(N(c3ccc(-c4cccc(-c5ccccc5)c4)cc3)c3ccc(-c4cccc(-c5ccc6c(c5)nc(-c5ccccc5)n6-c5ccccc5)c4)cc3)cc2)cc1.